The Hall–Kier alpha value is -0.870. The number of aliphatic hydroxyl groups is 1. The first-order chi connectivity index (χ1) is 9.04. The lowest BCUT2D eigenvalue weighted by atomic mass is 10.0. The highest BCUT2D eigenvalue weighted by Gasteiger charge is 2.22. The van der Waals surface area contributed by atoms with Crippen LogP contribution in [0.25, 0.3) is 0 Å². The fourth-order valence-electron chi connectivity index (χ4n) is 2.31. The minimum Gasteiger partial charge on any atom is -0.395 e. The van der Waals surface area contributed by atoms with Crippen LogP contribution in [-0.2, 0) is 0 Å². The van der Waals surface area contributed by atoms with Gasteiger partial charge in [-0.1, -0.05) is 29.8 Å². The predicted molar refractivity (Wildman–Crippen MR) is 81.4 cm³/mol. The van der Waals surface area contributed by atoms with Crippen LogP contribution < -0.4 is 0 Å². The number of aliphatic hydroxyl groups excluding tert-OH is 1. The Bertz CT molecular complexity index is 430. The molecule has 0 fully saturated rings. The third-order valence-corrected chi connectivity index (χ3v) is 3.90. The average Bonchev–Trinajstić information content (AvgIpc) is 2.38. The van der Waals surface area contributed by atoms with Crippen molar-refractivity contribution < 1.29 is 9.90 Å². The van der Waals surface area contributed by atoms with Gasteiger partial charge in [-0.2, -0.15) is 0 Å². The van der Waals surface area contributed by atoms with Crippen LogP contribution in [0.1, 0.15) is 42.6 Å². The highest BCUT2D eigenvalue weighted by Crippen LogP contribution is 2.19. The van der Waals surface area contributed by atoms with Gasteiger partial charge in [0, 0.05) is 22.6 Å². The highest BCUT2D eigenvalue weighted by atomic mass is 79.9. The predicted octanol–water partition coefficient (Wildman–Crippen LogP) is 3.38. The van der Waals surface area contributed by atoms with E-state index in [1.807, 2.05) is 25.1 Å². The molecular formula is C15H22BrNO2. The summed E-state index contributed by atoms with van der Waals surface area (Å²) in [5, 5.41) is 9.18. The van der Waals surface area contributed by atoms with Crippen molar-refractivity contribution in [2.75, 3.05) is 13.2 Å². The van der Waals surface area contributed by atoms with Gasteiger partial charge in [0.1, 0.15) is 0 Å². The Morgan fingerprint density at radius 2 is 2.00 bits per heavy atom. The standard InChI is InChI=1S/C15H22BrNO2/c1-4-13(5-2)17(8-9-18)15(19)14-7-6-12(16)10-11(14)3/h6-7,10,13,18H,4-5,8-9H2,1-3H3. The van der Waals surface area contributed by atoms with Crippen LogP contribution in [0.4, 0.5) is 0 Å². The van der Waals surface area contributed by atoms with Crippen LogP contribution in [0.15, 0.2) is 22.7 Å². The minimum absolute atomic E-state index is 0.00217. The smallest absolute Gasteiger partial charge is 0.254 e. The molecule has 0 saturated heterocycles. The SMILES string of the molecule is CCC(CC)N(CCO)C(=O)c1ccc(Br)cc1C. The number of halogens is 1. The molecule has 0 aliphatic rings. The lowest BCUT2D eigenvalue weighted by Gasteiger charge is -2.30. The van der Waals surface area contributed by atoms with Crippen molar-refractivity contribution in [3.8, 4) is 0 Å². The molecule has 0 aliphatic carbocycles. The Kier molecular flexibility index (Phi) is 6.52. The maximum Gasteiger partial charge on any atom is 0.254 e. The van der Waals surface area contributed by atoms with Crippen molar-refractivity contribution in [3.05, 3.63) is 33.8 Å². The number of rotatable bonds is 6. The molecule has 1 rings (SSSR count). The largest absolute Gasteiger partial charge is 0.395 e. The summed E-state index contributed by atoms with van der Waals surface area (Å²) in [7, 11) is 0. The molecular weight excluding hydrogens is 306 g/mol. The molecule has 0 saturated carbocycles. The van der Waals surface area contributed by atoms with E-state index in [4.69, 9.17) is 0 Å². The quantitative estimate of drug-likeness (QED) is 0.870. The Morgan fingerprint density at radius 1 is 1.37 bits per heavy atom. The van der Waals surface area contributed by atoms with Gasteiger partial charge in [-0.3, -0.25) is 4.79 Å². The molecule has 1 amide bonds. The van der Waals surface area contributed by atoms with Crippen LogP contribution in [0.3, 0.4) is 0 Å². The molecule has 1 N–H and O–H groups in total. The summed E-state index contributed by atoms with van der Waals surface area (Å²) in [4.78, 5) is 14.4. The van der Waals surface area contributed by atoms with E-state index in [0.29, 0.717) is 12.1 Å². The molecule has 0 atom stereocenters. The van der Waals surface area contributed by atoms with E-state index in [0.717, 1.165) is 22.9 Å². The van der Waals surface area contributed by atoms with Gasteiger partial charge in [-0.05, 0) is 43.5 Å². The van der Waals surface area contributed by atoms with Gasteiger partial charge in [0.15, 0.2) is 0 Å². The summed E-state index contributed by atoms with van der Waals surface area (Å²) in [5.41, 5.74) is 1.66. The summed E-state index contributed by atoms with van der Waals surface area (Å²) in [5.74, 6) is 0.00718. The van der Waals surface area contributed by atoms with Crippen LogP contribution in [0.2, 0.25) is 0 Å². The summed E-state index contributed by atoms with van der Waals surface area (Å²) in [6, 6.07) is 5.85. The second-order valence-corrected chi connectivity index (χ2v) is 5.57. The third-order valence-electron chi connectivity index (χ3n) is 3.40. The maximum atomic E-state index is 12.6. The van der Waals surface area contributed by atoms with Crippen LogP contribution in [-0.4, -0.2) is 35.1 Å². The first kappa shape index (κ1) is 16.2. The number of hydrogen-bond donors (Lipinski definition) is 1. The van der Waals surface area contributed by atoms with Crippen LogP contribution in [0.5, 0.6) is 0 Å². The zero-order chi connectivity index (χ0) is 14.4. The van der Waals surface area contributed by atoms with Crippen molar-refractivity contribution in [1.29, 1.82) is 0 Å². The molecule has 1 aromatic rings. The topological polar surface area (TPSA) is 40.5 Å². The second kappa shape index (κ2) is 7.65. The fraction of sp³-hybridized carbons (Fsp3) is 0.533. The molecule has 0 aliphatic heterocycles. The van der Waals surface area contributed by atoms with Gasteiger partial charge >= 0.3 is 0 Å². The molecule has 19 heavy (non-hydrogen) atoms. The normalized spacial score (nSPS) is 10.8. The van der Waals surface area contributed by atoms with Gasteiger partial charge in [-0.15, -0.1) is 0 Å². The number of amides is 1. The van der Waals surface area contributed by atoms with E-state index in [-0.39, 0.29) is 18.6 Å². The van der Waals surface area contributed by atoms with Crippen LogP contribution in [0, 0.1) is 6.92 Å². The van der Waals surface area contributed by atoms with E-state index in [2.05, 4.69) is 29.8 Å². The third kappa shape index (κ3) is 4.05. The molecule has 0 bridgehead atoms. The van der Waals surface area contributed by atoms with Gasteiger partial charge < -0.3 is 10.0 Å². The van der Waals surface area contributed by atoms with E-state index < -0.39 is 0 Å². The molecule has 0 heterocycles. The van der Waals surface area contributed by atoms with Crippen molar-refractivity contribution in [2.24, 2.45) is 0 Å². The lowest BCUT2D eigenvalue weighted by Crippen LogP contribution is -2.41. The monoisotopic (exact) mass is 327 g/mol. The lowest BCUT2D eigenvalue weighted by molar-refractivity contribution is 0.0621. The van der Waals surface area contributed by atoms with Gasteiger partial charge in [-0.25, -0.2) is 0 Å². The number of nitrogens with zero attached hydrogens (tertiary/aromatic N) is 1. The first-order valence-electron chi connectivity index (χ1n) is 6.73. The van der Waals surface area contributed by atoms with Crippen molar-refractivity contribution in [3.63, 3.8) is 0 Å². The summed E-state index contributed by atoms with van der Waals surface area (Å²) in [6.45, 7) is 6.46. The van der Waals surface area contributed by atoms with Crippen molar-refractivity contribution >= 4 is 21.8 Å². The summed E-state index contributed by atoms with van der Waals surface area (Å²) >= 11 is 3.40. The van der Waals surface area contributed by atoms with Gasteiger partial charge in [0.25, 0.3) is 5.91 Å². The van der Waals surface area contributed by atoms with Gasteiger partial charge in [0.2, 0.25) is 0 Å². The zero-order valence-corrected chi connectivity index (χ0v) is 13.4. The molecule has 3 nitrogen and oxygen atoms in total. The van der Waals surface area contributed by atoms with Crippen LogP contribution >= 0.6 is 15.9 Å². The molecule has 1 aromatic carbocycles. The minimum atomic E-state index is -0.00217. The number of aryl methyl sites for hydroxylation is 1. The van der Waals surface area contributed by atoms with Crippen molar-refractivity contribution in [1.82, 2.24) is 4.90 Å². The molecule has 4 heteroatoms. The van der Waals surface area contributed by atoms with Crippen molar-refractivity contribution in [2.45, 2.75) is 39.7 Å². The first-order valence-corrected chi connectivity index (χ1v) is 7.52. The number of hydrogen-bond acceptors (Lipinski definition) is 2. The fourth-order valence-corrected chi connectivity index (χ4v) is 2.78. The molecule has 0 unspecified atom stereocenters. The molecule has 0 radical (unpaired) electrons. The zero-order valence-electron chi connectivity index (χ0n) is 11.8. The number of benzene rings is 1. The van der Waals surface area contributed by atoms with Gasteiger partial charge in [0.05, 0.1) is 6.61 Å². The number of carbonyl (C=O) groups excluding carboxylic acids is 1. The summed E-state index contributed by atoms with van der Waals surface area (Å²) < 4.78 is 0.970. The Morgan fingerprint density at radius 3 is 2.47 bits per heavy atom. The van der Waals surface area contributed by atoms with E-state index in [9.17, 15) is 9.90 Å². The highest BCUT2D eigenvalue weighted by molar-refractivity contribution is 9.10. The van der Waals surface area contributed by atoms with E-state index >= 15 is 0 Å². The second-order valence-electron chi connectivity index (χ2n) is 4.65. The summed E-state index contributed by atoms with van der Waals surface area (Å²) in [6.07, 6.45) is 1.80. The molecule has 0 spiro atoms. The Balaban J connectivity index is 3.04. The van der Waals surface area contributed by atoms with E-state index in [1.54, 1.807) is 4.90 Å². The molecule has 106 valence electrons. The molecule has 0 aromatic heterocycles. The Labute approximate surface area is 123 Å². The average molecular weight is 328 g/mol. The maximum absolute atomic E-state index is 12.6. The number of carbonyl (C=O) groups is 1. The van der Waals surface area contributed by atoms with E-state index in [1.165, 1.54) is 0 Å².